The molecule has 1 atom stereocenters. The van der Waals surface area contributed by atoms with Crippen LogP contribution in [0.25, 0.3) is 0 Å². The average molecular weight is 299 g/mol. The van der Waals surface area contributed by atoms with Gasteiger partial charge in [-0.1, -0.05) is 85.9 Å². The van der Waals surface area contributed by atoms with Gasteiger partial charge in [-0.2, -0.15) is 0 Å². The van der Waals surface area contributed by atoms with Gasteiger partial charge in [-0.3, -0.25) is 4.79 Å². The summed E-state index contributed by atoms with van der Waals surface area (Å²) in [5, 5.41) is 1.45. The molecule has 0 radical (unpaired) electrons. The molecule has 1 aromatic carbocycles. The number of carbonyl (C=O) groups is 1. The van der Waals surface area contributed by atoms with Crippen molar-refractivity contribution < 1.29 is 4.79 Å². The Morgan fingerprint density at radius 1 is 1.25 bits per heavy atom. The minimum atomic E-state index is 0.250. The summed E-state index contributed by atoms with van der Waals surface area (Å²) in [7, 11) is 0.926. The molecular weight excluding hydrogens is 265 g/mol. The average Bonchev–Trinajstić information content (AvgIpc) is 2.50. The number of hydrogen-bond donors (Lipinski definition) is 1. The Bertz CT molecular complexity index is 299. The molecule has 1 amide bonds. The first-order valence-corrected chi connectivity index (χ1v) is 8.95. The Labute approximate surface area is 128 Å². The lowest BCUT2D eigenvalue weighted by Crippen LogP contribution is -1.91. The van der Waals surface area contributed by atoms with Crippen molar-refractivity contribution in [3.8, 4) is 0 Å². The van der Waals surface area contributed by atoms with Crippen molar-refractivity contribution in [2.75, 3.05) is 6.66 Å². The quantitative estimate of drug-likeness (QED) is 0.648. The molecule has 0 aromatic heterocycles. The summed E-state index contributed by atoms with van der Waals surface area (Å²) in [6, 6.07) is 8.65. The molecule has 0 aliphatic heterocycles. The molecule has 3 heteroatoms. The van der Waals surface area contributed by atoms with E-state index in [4.69, 9.17) is 4.79 Å². The Morgan fingerprint density at radius 3 is 1.90 bits per heavy atom. The molecule has 0 saturated heterocycles. The summed E-state index contributed by atoms with van der Waals surface area (Å²) in [6.07, 6.45) is 2.91. The fourth-order valence-electron chi connectivity index (χ4n) is 1.09. The lowest BCUT2D eigenvalue weighted by Gasteiger charge is -1.98. The molecule has 2 N–H and O–H groups in total. The van der Waals surface area contributed by atoms with Crippen LogP contribution in [0.5, 0.6) is 0 Å². The minimum absolute atomic E-state index is 0.250. The Hall–Kier alpha value is -0.880. The molecule has 1 rings (SSSR count). The number of hydrogen-bond acceptors (Lipinski definition) is 1. The van der Waals surface area contributed by atoms with Gasteiger partial charge in [0.15, 0.2) is 0 Å². The van der Waals surface area contributed by atoms with Crippen molar-refractivity contribution in [2.45, 2.75) is 54.4 Å². The predicted molar refractivity (Wildman–Crippen MR) is 96.4 cm³/mol. The van der Waals surface area contributed by atoms with E-state index in [1.54, 1.807) is 0 Å². The molecule has 2 nitrogen and oxygen atoms in total. The van der Waals surface area contributed by atoms with Gasteiger partial charge in [-0.05, 0) is 24.8 Å². The number of amides is 1. The lowest BCUT2D eigenvalue weighted by molar-refractivity contribution is -0.106. The van der Waals surface area contributed by atoms with Gasteiger partial charge in [-0.25, -0.2) is 0 Å². The zero-order valence-corrected chi connectivity index (χ0v) is 15.4. The summed E-state index contributed by atoms with van der Waals surface area (Å²) in [6.45, 7) is 15.1. The van der Waals surface area contributed by atoms with Crippen molar-refractivity contribution >= 4 is 20.3 Å². The maximum atomic E-state index is 8.58. The van der Waals surface area contributed by atoms with Crippen LogP contribution in [0.1, 0.15) is 53.0 Å². The van der Waals surface area contributed by atoms with E-state index in [2.05, 4.69) is 64.4 Å². The fourth-order valence-corrected chi connectivity index (χ4v) is 1.72. The maximum Gasteiger partial charge on any atom is 0.204 e. The third-order valence-corrected chi connectivity index (χ3v) is 3.59. The van der Waals surface area contributed by atoms with Gasteiger partial charge < -0.3 is 5.73 Å². The molecular formula is C17H34NOP. The molecule has 0 saturated carbocycles. The number of rotatable bonds is 3. The van der Waals surface area contributed by atoms with E-state index in [0.717, 1.165) is 14.5 Å². The van der Waals surface area contributed by atoms with E-state index in [1.807, 2.05) is 13.8 Å². The van der Waals surface area contributed by atoms with Crippen LogP contribution in [0.3, 0.4) is 0 Å². The zero-order chi connectivity index (χ0) is 16.4. The van der Waals surface area contributed by atoms with Gasteiger partial charge in [0.2, 0.25) is 6.41 Å². The molecule has 20 heavy (non-hydrogen) atoms. The van der Waals surface area contributed by atoms with Crippen LogP contribution >= 0.6 is 8.58 Å². The van der Waals surface area contributed by atoms with E-state index in [-0.39, 0.29) is 6.41 Å². The van der Waals surface area contributed by atoms with Gasteiger partial charge in [-0.15, -0.1) is 0 Å². The second-order valence-electron chi connectivity index (χ2n) is 4.18. The molecule has 1 unspecified atom stereocenters. The highest BCUT2D eigenvalue weighted by molar-refractivity contribution is 7.46. The Balaban J connectivity index is -0.000000229. The van der Waals surface area contributed by atoms with Crippen LogP contribution in [0, 0.1) is 12.8 Å². The van der Waals surface area contributed by atoms with Crippen LogP contribution < -0.4 is 11.0 Å². The van der Waals surface area contributed by atoms with E-state index in [1.165, 1.54) is 23.7 Å². The van der Waals surface area contributed by atoms with Crippen LogP contribution in [0.4, 0.5) is 0 Å². The molecule has 0 aliphatic rings. The van der Waals surface area contributed by atoms with Crippen LogP contribution in [0.15, 0.2) is 24.3 Å². The van der Waals surface area contributed by atoms with E-state index >= 15 is 0 Å². The molecule has 0 aliphatic carbocycles. The highest BCUT2D eigenvalue weighted by Gasteiger charge is 1.88. The second kappa shape index (κ2) is 20.4. The second-order valence-corrected chi connectivity index (χ2v) is 5.25. The molecule has 1 aromatic rings. The number of nitrogens with two attached hydrogens (primary N) is 1. The summed E-state index contributed by atoms with van der Waals surface area (Å²) in [4.78, 5) is 8.58. The zero-order valence-electron chi connectivity index (χ0n) is 14.4. The lowest BCUT2D eigenvalue weighted by atomic mass is 10.1. The molecule has 0 fully saturated rings. The van der Waals surface area contributed by atoms with Crippen LogP contribution in [-0.2, 0) is 4.79 Å². The summed E-state index contributed by atoms with van der Waals surface area (Å²) < 4.78 is 0. The molecule has 0 spiro atoms. The normalized spacial score (nSPS) is 8.80. The first-order valence-electron chi connectivity index (χ1n) is 7.45. The highest BCUT2D eigenvalue weighted by Crippen LogP contribution is 2.04. The SMILES string of the molecule is CC.CCC(C)CC.CPc1cccc(C)c1.NC=O. The van der Waals surface area contributed by atoms with Crippen molar-refractivity contribution in [3.05, 3.63) is 29.8 Å². The first kappa shape index (κ1) is 24.2. The van der Waals surface area contributed by atoms with Crippen LogP contribution in [-0.4, -0.2) is 13.1 Å². The van der Waals surface area contributed by atoms with Gasteiger partial charge >= 0.3 is 0 Å². The summed E-state index contributed by atoms with van der Waals surface area (Å²) in [5.74, 6) is 0.935. The van der Waals surface area contributed by atoms with Crippen molar-refractivity contribution in [2.24, 2.45) is 11.7 Å². The topological polar surface area (TPSA) is 43.1 Å². The number of primary amides is 1. The van der Waals surface area contributed by atoms with Crippen LogP contribution in [0.2, 0.25) is 0 Å². The first-order chi connectivity index (χ1) is 9.55. The molecule has 0 bridgehead atoms. The summed E-state index contributed by atoms with van der Waals surface area (Å²) in [5.41, 5.74) is 5.53. The Kier molecular flexibility index (Phi) is 24.7. The minimum Gasteiger partial charge on any atom is -0.372 e. The number of aryl methyl sites for hydroxylation is 1. The molecule has 0 heterocycles. The third kappa shape index (κ3) is 19.5. The number of benzene rings is 1. The Morgan fingerprint density at radius 2 is 1.70 bits per heavy atom. The monoisotopic (exact) mass is 299 g/mol. The van der Waals surface area contributed by atoms with Gasteiger partial charge in [0.05, 0.1) is 0 Å². The van der Waals surface area contributed by atoms with E-state index < -0.39 is 0 Å². The highest BCUT2D eigenvalue weighted by atomic mass is 31.1. The predicted octanol–water partition coefficient (Wildman–Crippen LogP) is 4.50. The maximum absolute atomic E-state index is 8.58. The number of carbonyl (C=O) groups excluding carboxylic acids is 1. The molecule has 118 valence electrons. The fraction of sp³-hybridized carbons (Fsp3) is 0.588. The van der Waals surface area contributed by atoms with Crippen molar-refractivity contribution in [1.29, 1.82) is 0 Å². The van der Waals surface area contributed by atoms with Gasteiger partial charge in [0.1, 0.15) is 0 Å². The third-order valence-electron chi connectivity index (χ3n) is 2.70. The standard InChI is InChI=1S/C8H11P.C6H14.C2H6.CH3NO/c1-7-4-3-5-8(6-7)9-2;1-4-6(3)5-2;1-2;2-1-3/h3-6,9H,1-2H3;6H,4-5H2,1-3H3;1-2H3;1H,(H2,2,3). The van der Waals surface area contributed by atoms with E-state index in [9.17, 15) is 0 Å². The smallest absolute Gasteiger partial charge is 0.204 e. The van der Waals surface area contributed by atoms with Crippen molar-refractivity contribution in [3.63, 3.8) is 0 Å². The van der Waals surface area contributed by atoms with E-state index in [0.29, 0.717) is 0 Å². The van der Waals surface area contributed by atoms with Gasteiger partial charge in [0, 0.05) is 0 Å². The summed E-state index contributed by atoms with van der Waals surface area (Å²) >= 11 is 0. The van der Waals surface area contributed by atoms with Crippen molar-refractivity contribution in [1.82, 2.24) is 0 Å². The largest absolute Gasteiger partial charge is 0.372 e. The van der Waals surface area contributed by atoms with Gasteiger partial charge in [0.25, 0.3) is 0 Å².